The Bertz CT molecular complexity index is 773. The summed E-state index contributed by atoms with van der Waals surface area (Å²) in [6.45, 7) is 2.05. The molecule has 1 aromatic heterocycles. The first-order valence-corrected chi connectivity index (χ1v) is 8.40. The van der Waals surface area contributed by atoms with E-state index in [-0.39, 0.29) is 11.1 Å². The Hall–Kier alpha value is -1.66. The molecule has 6 heteroatoms. The molecule has 0 radical (unpaired) electrons. The van der Waals surface area contributed by atoms with Crippen molar-refractivity contribution in [1.29, 1.82) is 0 Å². The molecular formula is C16H13BrFN3S. The standard InChI is InChI=1S/C16H13BrFN3S/c1-10(11-6-8-12(18)9-7-11)22-16-19-15(20-21-16)13-4-2-3-5-14(13)17/h2-10H,1H3,(H,19,20,21). The molecule has 2 aromatic carbocycles. The molecule has 0 bridgehead atoms. The highest BCUT2D eigenvalue weighted by Gasteiger charge is 2.13. The van der Waals surface area contributed by atoms with E-state index >= 15 is 0 Å². The van der Waals surface area contributed by atoms with E-state index < -0.39 is 0 Å². The van der Waals surface area contributed by atoms with Gasteiger partial charge in [0.15, 0.2) is 5.82 Å². The zero-order chi connectivity index (χ0) is 15.5. The molecule has 3 rings (SSSR count). The summed E-state index contributed by atoms with van der Waals surface area (Å²) in [6, 6.07) is 14.4. The lowest BCUT2D eigenvalue weighted by atomic mass is 10.2. The fourth-order valence-electron chi connectivity index (χ4n) is 2.03. The summed E-state index contributed by atoms with van der Waals surface area (Å²) in [5.74, 6) is 0.497. The average molecular weight is 378 g/mol. The van der Waals surface area contributed by atoms with Crippen LogP contribution in [0, 0.1) is 5.82 Å². The van der Waals surface area contributed by atoms with Gasteiger partial charge in [0.2, 0.25) is 5.16 Å². The summed E-state index contributed by atoms with van der Waals surface area (Å²) < 4.78 is 13.9. The fourth-order valence-corrected chi connectivity index (χ4v) is 3.36. The SMILES string of the molecule is CC(Sc1n[nH]c(-c2ccccc2Br)n1)c1ccc(F)cc1. The van der Waals surface area contributed by atoms with Crippen LogP contribution in [-0.4, -0.2) is 15.2 Å². The molecule has 0 saturated heterocycles. The molecule has 1 atom stereocenters. The number of benzene rings is 2. The lowest BCUT2D eigenvalue weighted by Crippen LogP contribution is -1.89. The second-order valence-electron chi connectivity index (χ2n) is 4.76. The molecule has 0 aliphatic heterocycles. The minimum Gasteiger partial charge on any atom is -0.258 e. The smallest absolute Gasteiger partial charge is 0.209 e. The molecular weight excluding hydrogens is 365 g/mol. The van der Waals surface area contributed by atoms with Crippen LogP contribution in [0.4, 0.5) is 4.39 Å². The number of nitrogens with zero attached hydrogens (tertiary/aromatic N) is 2. The van der Waals surface area contributed by atoms with Crippen molar-refractivity contribution < 1.29 is 4.39 Å². The molecule has 3 nitrogen and oxygen atoms in total. The number of aromatic amines is 1. The molecule has 1 unspecified atom stereocenters. The zero-order valence-corrected chi connectivity index (χ0v) is 14.2. The molecule has 1 heterocycles. The van der Waals surface area contributed by atoms with Crippen molar-refractivity contribution in [2.24, 2.45) is 0 Å². The monoisotopic (exact) mass is 377 g/mol. The number of H-pyrrole nitrogens is 1. The predicted octanol–water partition coefficient (Wildman–Crippen LogP) is 5.23. The molecule has 22 heavy (non-hydrogen) atoms. The third-order valence-electron chi connectivity index (χ3n) is 3.22. The molecule has 0 aliphatic rings. The minimum atomic E-state index is -0.227. The van der Waals surface area contributed by atoms with E-state index in [9.17, 15) is 4.39 Å². The van der Waals surface area contributed by atoms with Crippen LogP contribution in [0.15, 0.2) is 58.2 Å². The summed E-state index contributed by atoms with van der Waals surface area (Å²) in [4.78, 5) is 4.52. The summed E-state index contributed by atoms with van der Waals surface area (Å²) in [7, 11) is 0. The van der Waals surface area contributed by atoms with E-state index in [0.717, 1.165) is 21.4 Å². The largest absolute Gasteiger partial charge is 0.258 e. The topological polar surface area (TPSA) is 41.6 Å². The van der Waals surface area contributed by atoms with Crippen LogP contribution in [0.5, 0.6) is 0 Å². The van der Waals surface area contributed by atoms with E-state index in [1.165, 1.54) is 23.9 Å². The van der Waals surface area contributed by atoms with E-state index in [0.29, 0.717) is 5.16 Å². The predicted molar refractivity (Wildman–Crippen MR) is 90.2 cm³/mol. The van der Waals surface area contributed by atoms with Gasteiger partial charge >= 0.3 is 0 Å². The van der Waals surface area contributed by atoms with Gasteiger partial charge in [-0.15, -0.1) is 5.10 Å². The summed E-state index contributed by atoms with van der Waals surface area (Å²) in [6.07, 6.45) is 0. The van der Waals surface area contributed by atoms with Gasteiger partial charge in [-0.2, -0.15) is 0 Å². The Balaban J connectivity index is 1.77. The van der Waals surface area contributed by atoms with Gasteiger partial charge in [-0.3, -0.25) is 5.10 Å². The molecule has 0 spiro atoms. The van der Waals surface area contributed by atoms with Gasteiger partial charge in [-0.1, -0.05) is 58.0 Å². The highest BCUT2D eigenvalue weighted by molar-refractivity contribution is 9.10. The third-order valence-corrected chi connectivity index (χ3v) is 4.93. The number of hydrogen-bond donors (Lipinski definition) is 1. The van der Waals surface area contributed by atoms with E-state index in [1.807, 2.05) is 31.2 Å². The summed E-state index contributed by atoms with van der Waals surface area (Å²) >= 11 is 5.04. The van der Waals surface area contributed by atoms with Crippen LogP contribution >= 0.6 is 27.7 Å². The summed E-state index contributed by atoms with van der Waals surface area (Å²) in [5, 5.41) is 8.02. The van der Waals surface area contributed by atoms with Crippen molar-refractivity contribution in [3.63, 3.8) is 0 Å². The molecule has 112 valence electrons. The average Bonchev–Trinajstić information content (AvgIpc) is 2.96. The van der Waals surface area contributed by atoms with Crippen molar-refractivity contribution in [1.82, 2.24) is 15.2 Å². The molecule has 0 fully saturated rings. The molecule has 0 amide bonds. The van der Waals surface area contributed by atoms with Gasteiger partial charge in [0.1, 0.15) is 5.82 Å². The van der Waals surface area contributed by atoms with Crippen molar-refractivity contribution in [2.45, 2.75) is 17.3 Å². The first kappa shape index (κ1) is 15.2. The quantitative estimate of drug-likeness (QED) is 0.633. The lowest BCUT2D eigenvalue weighted by Gasteiger charge is -2.08. The van der Waals surface area contributed by atoms with Crippen LogP contribution < -0.4 is 0 Å². The van der Waals surface area contributed by atoms with E-state index in [1.54, 1.807) is 12.1 Å². The number of thioether (sulfide) groups is 1. The Morgan fingerprint density at radius 1 is 1.14 bits per heavy atom. The lowest BCUT2D eigenvalue weighted by molar-refractivity contribution is 0.627. The number of aromatic nitrogens is 3. The Kier molecular flexibility index (Phi) is 4.59. The number of nitrogens with one attached hydrogen (secondary N) is 1. The Labute approximate surface area is 140 Å². The van der Waals surface area contributed by atoms with Crippen molar-refractivity contribution in [3.8, 4) is 11.4 Å². The van der Waals surface area contributed by atoms with Crippen LogP contribution in [0.3, 0.4) is 0 Å². The van der Waals surface area contributed by atoms with Crippen LogP contribution in [0.2, 0.25) is 0 Å². The zero-order valence-electron chi connectivity index (χ0n) is 11.8. The highest BCUT2D eigenvalue weighted by atomic mass is 79.9. The Morgan fingerprint density at radius 2 is 1.86 bits per heavy atom. The molecule has 3 aromatic rings. The Morgan fingerprint density at radius 3 is 2.59 bits per heavy atom. The molecule has 0 aliphatic carbocycles. The first-order chi connectivity index (χ1) is 10.6. The van der Waals surface area contributed by atoms with Crippen molar-refractivity contribution in [3.05, 3.63) is 64.4 Å². The summed E-state index contributed by atoms with van der Waals surface area (Å²) in [5.41, 5.74) is 2.01. The van der Waals surface area contributed by atoms with Gasteiger partial charge < -0.3 is 0 Å². The maximum absolute atomic E-state index is 13.0. The maximum Gasteiger partial charge on any atom is 0.209 e. The fraction of sp³-hybridized carbons (Fsp3) is 0.125. The van der Waals surface area contributed by atoms with Crippen LogP contribution in [0.1, 0.15) is 17.7 Å². The van der Waals surface area contributed by atoms with Gasteiger partial charge in [0, 0.05) is 15.3 Å². The second-order valence-corrected chi connectivity index (χ2v) is 6.92. The normalized spacial score (nSPS) is 12.3. The number of rotatable bonds is 4. The van der Waals surface area contributed by atoms with Crippen LogP contribution in [-0.2, 0) is 0 Å². The van der Waals surface area contributed by atoms with Crippen molar-refractivity contribution in [2.75, 3.05) is 0 Å². The minimum absolute atomic E-state index is 0.142. The van der Waals surface area contributed by atoms with Crippen LogP contribution in [0.25, 0.3) is 11.4 Å². The number of hydrogen-bond acceptors (Lipinski definition) is 3. The van der Waals surface area contributed by atoms with Gasteiger partial charge in [0.25, 0.3) is 0 Å². The van der Waals surface area contributed by atoms with Gasteiger partial charge in [0.05, 0.1) is 0 Å². The highest BCUT2D eigenvalue weighted by Crippen LogP contribution is 2.34. The third kappa shape index (κ3) is 3.39. The van der Waals surface area contributed by atoms with Gasteiger partial charge in [-0.05, 0) is 30.7 Å². The first-order valence-electron chi connectivity index (χ1n) is 6.73. The van der Waals surface area contributed by atoms with E-state index in [4.69, 9.17) is 0 Å². The molecule has 0 saturated carbocycles. The second kappa shape index (κ2) is 6.62. The van der Waals surface area contributed by atoms with E-state index in [2.05, 4.69) is 31.1 Å². The number of halogens is 2. The van der Waals surface area contributed by atoms with Crippen molar-refractivity contribution >= 4 is 27.7 Å². The van der Waals surface area contributed by atoms with Gasteiger partial charge in [-0.25, -0.2) is 9.37 Å². The molecule has 1 N–H and O–H groups in total. The maximum atomic E-state index is 13.0.